The molecule has 2 heterocycles. The molecule has 6 nitrogen and oxygen atoms in total. The molecule has 8 heteroatoms. The lowest BCUT2D eigenvalue weighted by molar-refractivity contribution is -0.384. The Bertz CT molecular complexity index is 1080. The van der Waals surface area contributed by atoms with Gasteiger partial charge in [0.15, 0.2) is 11.0 Å². The first-order valence-electron chi connectivity index (χ1n) is 8.58. The molecule has 0 spiro atoms. The summed E-state index contributed by atoms with van der Waals surface area (Å²) in [7, 11) is 0. The number of thiophene rings is 1. The minimum atomic E-state index is -0.374. The van der Waals surface area contributed by atoms with E-state index < -0.39 is 0 Å². The molecule has 0 bridgehead atoms. The van der Waals surface area contributed by atoms with Crippen LogP contribution in [0.4, 0.5) is 5.69 Å². The van der Waals surface area contributed by atoms with Crippen molar-refractivity contribution in [3.8, 4) is 10.7 Å². The van der Waals surface area contributed by atoms with Crippen molar-refractivity contribution in [2.24, 2.45) is 0 Å². The van der Waals surface area contributed by atoms with Crippen molar-refractivity contribution < 1.29 is 4.92 Å². The number of nitro benzene ring substituents is 1. The van der Waals surface area contributed by atoms with Crippen molar-refractivity contribution in [1.29, 1.82) is 0 Å². The number of non-ortho nitro benzene ring substituents is 1. The van der Waals surface area contributed by atoms with Crippen LogP contribution in [0, 0.1) is 10.1 Å². The Morgan fingerprint density at radius 3 is 2.57 bits per heavy atom. The predicted octanol–water partition coefficient (Wildman–Crippen LogP) is 5.26. The Morgan fingerprint density at radius 2 is 1.82 bits per heavy atom. The van der Waals surface area contributed by atoms with Gasteiger partial charge in [0.05, 0.1) is 16.3 Å². The molecule has 4 rings (SSSR count). The topological polar surface area (TPSA) is 73.8 Å². The SMILES string of the molecule is O=[N+]([O-])c1cccc(CSc2nnc(-c3cccs3)n2Cc2ccccc2)c1. The zero-order valence-electron chi connectivity index (χ0n) is 14.8. The maximum absolute atomic E-state index is 11.0. The molecule has 0 aliphatic carbocycles. The minimum Gasteiger partial charge on any atom is -0.297 e. The lowest BCUT2D eigenvalue weighted by Gasteiger charge is -2.09. The zero-order valence-corrected chi connectivity index (χ0v) is 16.4. The van der Waals surface area contributed by atoms with E-state index in [2.05, 4.69) is 26.9 Å². The Morgan fingerprint density at radius 1 is 1.00 bits per heavy atom. The first-order chi connectivity index (χ1) is 13.7. The number of hydrogen-bond acceptors (Lipinski definition) is 6. The number of rotatable bonds is 7. The molecule has 28 heavy (non-hydrogen) atoms. The first kappa shape index (κ1) is 18.4. The van der Waals surface area contributed by atoms with Gasteiger partial charge >= 0.3 is 0 Å². The molecule has 140 valence electrons. The standard InChI is InChI=1S/C20H16N4O2S2/c25-24(26)17-9-4-8-16(12-17)14-28-20-22-21-19(18-10-5-11-27-18)23(20)13-15-6-2-1-3-7-15/h1-12H,13-14H2. The zero-order chi connectivity index (χ0) is 19.3. The molecule has 0 saturated carbocycles. The van der Waals surface area contributed by atoms with Crippen LogP contribution in [0.5, 0.6) is 0 Å². The quantitative estimate of drug-likeness (QED) is 0.237. The van der Waals surface area contributed by atoms with Crippen molar-refractivity contribution in [2.75, 3.05) is 0 Å². The van der Waals surface area contributed by atoms with E-state index in [-0.39, 0.29) is 10.6 Å². The molecule has 0 aliphatic rings. The minimum absolute atomic E-state index is 0.100. The van der Waals surface area contributed by atoms with Gasteiger partial charge in [0.1, 0.15) is 0 Å². The van der Waals surface area contributed by atoms with Crippen LogP contribution in [0.15, 0.2) is 77.3 Å². The Kier molecular flexibility index (Phi) is 5.50. The predicted molar refractivity (Wildman–Crippen MR) is 112 cm³/mol. The summed E-state index contributed by atoms with van der Waals surface area (Å²) < 4.78 is 2.10. The smallest absolute Gasteiger partial charge is 0.269 e. The molecule has 0 N–H and O–H groups in total. The van der Waals surface area contributed by atoms with Gasteiger partial charge in [-0.3, -0.25) is 14.7 Å². The van der Waals surface area contributed by atoms with Crippen molar-refractivity contribution in [3.63, 3.8) is 0 Å². The van der Waals surface area contributed by atoms with E-state index in [1.807, 2.05) is 41.8 Å². The summed E-state index contributed by atoms with van der Waals surface area (Å²) in [6.07, 6.45) is 0. The van der Waals surface area contributed by atoms with Gasteiger partial charge in [0.25, 0.3) is 5.69 Å². The highest BCUT2D eigenvalue weighted by Gasteiger charge is 2.16. The molecular weight excluding hydrogens is 392 g/mol. The van der Waals surface area contributed by atoms with Crippen LogP contribution in [-0.2, 0) is 12.3 Å². The fourth-order valence-corrected chi connectivity index (χ4v) is 4.40. The number of aromatic nitrogens is 3. The van der Waals surface area contributed by atoms with Crippen molar-refractivity contribution in [2.45, 2.75) is 17.5 Å². The average Bonchev–Trinajstić information content (AvgIpc) is 3.37. The number of benzene rings is 2. The fraction of sp³-hybridized carbons (Fsp3) is 0.100. The van der Waals surface area contributed by atoms with E-state index >= 15 is 0 Å². The highest BCUT2D eigenvalue weighted by atomic mass is 32.2. The second kappa shape index (κ2) is 8.37. The van der Waals surface area contributed by atoms with Gasteiger partial charge in [0.2, 0.25) is 0 Å². The Balaban J connectivity index is 1.61. The van der Waals surface area contributed by atoms with Crippen LogP contribution < -0.4 is 0 Å². The van der Waals surface area contributed by atoms with E-state index in [4.69, 9.17) is 0 Å². The molecule has 0 aliphatic heterocycles. The number of nitrogens with zero attached hydrogens (tertiary/aromatic N) is 4. The Labute approximate surface area is 170 Å². The van der Waals surface area contributed by atoms with E-state index in [0.717, 1.165) is 27.0 Å². The molecule has 0 fully saturated rings. The summed E-state index contributed by atoms with van der Waals surface area (Å²) in [6.45, 7) is 0.665. The molecule has 0 unspecified atom stereocenters. The van der Waals surface area contributed by atoms with E-state index in [9.17, 15) is 10.1 Å². The monoisotopic (exact) mass is 408 g/mol. The van der Waals surface area contributed by atoms with Gasteiger partial charge in [-0.05, 0) is 22.6 Å². The van der Waals surface area contributed by atoms with Crippen LogP contribution in [0.2, 0.25) is 0 Å². The highest BCUT2D eigenvalue weighted by Crippen LogP contribution is 2.30. The summed E-state index contributed by atoms with van der Waals surface area (Å²) in [4.78, 5) is 11.7. The maximum atomic E-state index is 11.0. The molecule has 0 radical (unpaired) electrons. The lowest BCUT2D eigenvalue weighted by atomic mass is 10.2. The highest BCUT2D eigenvalue weighted by molar-refractivity contribution is 7.98. The van der Waals surface area contributed by atoms with Crippen molar-refractivity contribution >= 4 is 28.8 Å². The molecule has 0 amide bonds. The van der Waals surface area contributed by atoms with E-state index in [0.29, 0.717) is 12.3 Å². The van der Waals surface area contributed by atoms with Gasteiger partial charge in [-0.25, -0.2) is 0 Å². The van der Waals surface area contributed by atoms with Crippen LogP contribution in [0.25, 0.3) is 10.7 Å². The lowest BCUT2D eigenvalue weighted by Crippen LogP contribution is -2.03. The third-order valence-electron chi connectivity index (χ3n) is 4.13. The summed E-state index contributed by atoms with van der Waals surface area (Å²) in [5, 5.41) is 22.6. The fourth-order valence-electron chi connectivity index (χ4n) is 2.80. The van der Waals surface area contributed by atoms with Gasteiger partial charge in [0, 0.05) is 17.9 Å². The summed E-state index contributed by atoms with van der Waals surface area (Å²) in [5.74, 6) is 1.42. The largest absolute Gasteiger partial charge is 0.297 e. The van der Waals surface area contributed by atoms with Crippen molar-refractivity contribution in [1.82, 2.24) is 14.8 Å². The summed E-state index contributed by atoms with van der Waals surface area (Å²) >= 11 is 3.16. The summed E-state index contributed by atoms with van der Waals surface area (Å²) in [6, 6.07) is 20.9. The van der Waals surface area contributed by atoms with Gasteiger partial charge in [-0.1, -0.05) is 60.3 Å². The van der Waals surface area contributed by atoms with Crippen molar-refractivity contribution in [3.05, 3.63) is 93.4 Å². The maximum Gasteiger partial charge on any atom is 0.269 e. The average molecular weight is 409 g/mol. The summed E-state index contributed by atoms with van der Waals surface area (Å²) in [5.41, 5.74) is 2.14. The molecule has 0 saturated heterocycles. The number of hydrogen-bond donors (Lipinski definition) is 0. The first-order valence-corrected chi connectivity index (χ1v) is 10.4. The number of thioether (sulfide) groups is 1. The van der Waals surface area contributed by atoms with E-state index in [1.165, 1.54) is 17.8 Å². The third-order valence-corrected chi connectivity index (χ3v) is 6.03. The second-order valence-electron chi connectivity index (χ2n) is 6.07. The molecule has 2 aromatic heterocycles. The number of nitro groups is 1. The van der Waals surface area contributed by atoms with Crippen LogP contribution in [-0.4, -0.2) is 19.7 Å². The molecule has 4 aromatic rings. The van der Waals surface area contributed by atoms with Gasteiger partial charge < -0.3 is 0 Å². The molecule has 2 aromatic carbocycles. The van der Waals surface area contributed by atoms with E-state index in [1.54, 1.807) is 23.5 Å². The van der Waals surface area contributed by atoms with Crippen LogP contribution in [0.1, 0.15) is 11.1 Å². The second-order valence-corrected chi connectivity index (χ2v) is 7.96. The molecular formula is C20H16N4O2S2. The molecule has 0 atom stereocenters. The Hall–Kier alpha value is -2.97. The van der Waals surface area contributed by atoms with Gasteiger partial charge in [-0.2, -0.15) is 0 Å². The van der Waals surface area contributed by atoms with Gasteiger partial charge in [-0.15, -0.1) is 21.5 Å². The normalized spacial score (nSPS) is 10.9. The third kappa shape index (κ3) is 4.13. The van der Waals surface area contributed by atoms with Crippen LogP contribution in [0.3, 0.4) is 0 Å². The van der Waals surface area contributed by atoms with Crippen LogP contribution >= 0.6 is 23.1 Å².